The first-order valence-corrected chi connectivity index (χ1v) is 8.31. The molecule has 0 radical (unpaired) electrons. The third-order valence-electron chi connectivity index (χ3n) is 4.52. The Bertz CT molecular complexity index is 515. The minimum atomic E-state index is -0.433. The first-order chi connectivity index (χ1) is 10.6. The third kappa shape index (κ3) is 4.67. The summed E-state index contributed by atoms with van der Waals surface area (Å²) in [5, 5.41) is 0. The highest BCUT2D eigenvalue weighted by Gasteiger charge is 2.56. The molecule has 2 fully saturated rings. The number of carbonyl (C=O) groups is 1. The Morgan fingerprint density at radius 3 is 2.48 bits per heavy atom. The normalized spacial score (nSPS) is 24.8. The maximum atomic E-state index is 11.1. The largest absolute Gasteiger partial charge is 0.466 e. The van der Waals surface area contributed by atoms with Gasteiger partial charge in [0, 0.05) is 17.9 Å². The number of esters is 1. The smallest absolute Gasteiger partial charge is 0.330 e. The van der Waals surface area contributed by atoms with Crippen LogP contribution in [-0.2, 0) is 19.0 Å². The fourth-order valence-corrected chi connectivity index (χ4v) is 3.09. The lowest BCUT2D eigenvalue weighted by Gasteiger charge is -2.35. The van der Waals surface area contributed by atoms with Crippen molar-refractivity contribution in [2.45, 2.75) is 59.7 Å². The van der Waals surface area contributed by atoms with Crippen molar-refractivity contribution < 1.29 is 19.0 Å². The van der Waals surface area contributed by atoms with Crippen LogP contribution in [0.1, 0.15) is 53.9 Å². The van der Waals surface area contributed by atoms with Gasteiger partial charge >= 0.3 is 5.97 Å². The summed E-state index contributed by atoms with van der Waals surface area (Å²) in [5.74, 6) is -0.735. The fourth-order valence-electron chi connectivity index (χ4n) is 3.09. The summed E-state index contributed by atoms with van der Waals surface area (Å²) in [7, 11) is 1.39. The van der Waals surface area contributed by atoms with Gasteiger partial charge < -0.3 is 14.2 Å². The molecule has 2 rings (SSSR count). The van der Waals surface area contributed by atoms with Gasteiger partial charge in [-0.15, -0.1) is 0 Å². The molecule has 4 heteroatoms. The summed E-state index contributed by atoms with van der Waals surface area (Å²) in [5.41, 5.74) is 2.84. The molecule has 0 unspecified atom stereocenters. The summed E-state index contributed by atoms with van der Waals surface area (Å²) in [6.45, 7) is 12.4. The molecule has 0 aromatic rings. The Balaban J connectivity index is 1.93. The standard InChI is InChI=1S/C19H30O4/c1-14(10-17(2,3)9-7-8-16(20)21-6)15-11-19(15)22-12-18(4,5)13-23-19/h7-8H,9-13H2,1-6H3/b8-7+,15-14+. The van der Waals surface area contributed by atoms with E-state index in [9.17, 15) is 4.79 Å². The van der Waals surface area contributed by atoms with Crippen molar-refractivity contribution in [1.29, 1.82) is 0 Å². The zero-order chi connectivity index (χ0) is 17.3. The Hall–Kier alpha value is -1.13. The molecule has 0 amide bonds. The van der Waals surface area contributed by atoms with E-state index >= 15 is 0 Å². The van der Waals surface area contributed by atoms with Gasteiger partial charge in [0.05, 0.1) is 20.3 Å². The topological polar surface area (TPSA) is 44.8 Å². The van der Waals surface area contributed by atoms with E-state index in [4.69, 9.17) is 9.47 Å². The molecule has 1 aliphatic carbocycles. The number of hydrogen-bond acceptors (Lipinski definition) is 4. The van der Waals surface area contributed by atoms with Gasteiger partial charge in [0.25, 0.3) is 0 Å². The molecule has 0 N–H and O–H groups in total. The SMILES string of the molecule is COC(=O)/C=C/CC(C)(C)C/C(C)=C1\CC12OCC(C)(C)CO2. The number of rotatable bonds is 5. The van der Waals surface area contributed by atoms with E-state index < -0.39 is 5.79 Å². The van der Waals surface area contributed by atoms with Crippen LogP contribution in [0.2, 0.25) is 0 Å². The average molecular weight is 322 g/mol. The van der Waals surface area contributed by atoms with E-state index in [0.717, 1.165) is 32.5 Å². The molecule has 1 saturated carbocycles. The molecule has 2 aliphatic rings. The van der Waals surface area contributed by atoms with Crippen molar-refractivity contribution in [2.24, 2.45) is 10.8 Å². The second-order valence-corrected chi connectivity index (χ2v) is 8.40. The molecule has 1 saturated heterocycles. The van der Waals surface area contributed by atoms with Crippen molar-refractivity contribution in [2.75, 3.05) is 20.3 Å². The molecule has 0 bridgehead atoms. The highest BCUT2D eigenvalue weighted by Crippen LogP contribution is 2.54. The summed E-state index contributed by atoms with van der Waals surface area (Å²) in [6.07, 6.45) is 6.07. The summed E-state index contributed by atoms with van der Waals surface area (Å²) < 4.78 is 16.6. The van der Waals surface area contributed by atoms with E-state index in [-0.39, 0.29) is 16.8 Å². The Kier molecular flexibility index (Phi) is 5.07. The molecule has 0 aromatic carbocycles. The molecule has 1 spiro atoms. The molecule has 0 aromatic heterocycles. The number of ether oxygens (including phenoxy) is 3. The predicted molar refractivity (Wildman–Crippen MR) is 89.9 cm³/mol. The van der Waals surface area contributed by atoms with Crippen LogP contribution in [-0.4, -0.2) is 32.1 Å². The zero-order valence-electron chi connectivity index (χ0n) is 15.3. The van der Waals surface area contributed by atoms with Crippen molar-refractivity contribution >= 4 is 5.97 Å². The number of allylic oxidation sites excluding steroid dienone is 2. The maximum Gasteiger partial charge on any atom is 0.330 e. The first kappa shape index (κ1) is 18.2. The Labute approximate surface area is 139 Å². The van der Waals surface area contributed by atoms with Crippen LogP contribution in [0.3, 0.4) is 0 Å². The number of hydrogen-bond donors (Lipinski definition) is 0. The van der Waals surface area contributed by atoms with Gasteiger partial charge in [-0.3, -0.25) is 0 Å². The van der Waals surface area contributed by atoms with Gasteiger partial charge in [-0.1, -0.05) is 39.3 Å². The van der Waals surface area contributed by atoms with Crippen LogP contribution in [0.4, 0.5) is 0 Å². The monoisotopic (exact) mass is 322 g/mol. The summed E-state index contributed by atoms with van der Waals surface area (Å²) in [4.78, 5) is 11.1. The third-order valence-corrected chi connectivity index (χ3v) is 4.52. The van der Waals surface area contributed by atoms with E-state index in [1.165, 1.54) is 24.3 Å². The average Bonchev–Trinajstić information content (AvgIpc) is 3.16. The highest BCUT2D eigenvalue weighted by atomic mass is 16.7. The van der Waals surface area contributed by atoms with Gasteiger partial charge in [0.1, 0.15) is 0 Å². The second kappa shape index (κ2) is 6.40. The zero-order valence-corrected chi connectivity index (χ0v) is 15.3. The van der Waals surface area contributed by atoms with Crippen LogP contribution in [0, 0.1) is 10.8 Å². The van der Waals surface area contributed by atoms with Crippen molar-refractivity contribution in [1.82, 2.24) is 0 Å². The first-order valence-electron chi connectivity index (χ1n) is 8.31. The second-order valence-electron chi connectivity index (χ2n) is 8.40. The molecule has 4 nitrogen and oxygen atoms in total. The van der Waals surface area contributed by atoms with Crippen LogP contribution in [0.5, 0.6) is 0 Å². The van der Waals surface area contributed by atoms with E-state index in [2.05, 4.69) is 39.4 Å². The van der Waals surface area contributed by atoms with Gasteiger partial charge in [0.2, 0.25) is 0 Å². The van der Waals surface area contributed by atoms with Crippen molar-refractivity contribution in [3.05, 3.63) is 23.3 Å². The highest BCUT2D eigenvalue weighted by molar-refractivity contribution is 5.81. The quantitative estimate of drug-likeness (QED) is 0.436. The molecule has 23 heavy (non-hydrogen) atoms. The van der Waals surface area contributed by atoms with Crippen molar-refractivity contribution in [3.8, 4) is 0 Å². The molecule has 1 heterocycles. The molecule has 1 aliphatic heterocycles. The summed E-state index contributed by atoms with van der Waals surface area (Å²) >= 11 is 0. The van der Waals surface area contributed by atoms with E-state index in [1.807, 2.05) is 6.08 Å². The van der Waals surface area contributed by atoms with Crippen LogP contribution >= 0.6 is 0 Å². The minimum Gasteiger partial charge on any atom is -0.466 e. The fraction of sp³-hybridized carbons (Fsp3) is 0.737. The van der Waals surface area contributed by atoms with Crippen LogP contribution in [0.15, 0.2) is 23.3 Å². The molecular weight excluding hydrogens is 292 g/mol. The Morgan fingerprint density at radius 2 is 1.91 bits per heavy atom. The van der Waals surface area contributed by atoms with Gasteiger partial charge in [-0.25, -0.2) is 4.79 Å². The van der Waals surface area contributed by atoms with Crippen molar-refractivity contribution in [3.63, 3.8) is 0 Å². The van der Waals surface area contributed by atoms with E-state index in [1.54, 1.807) is 0 Å². The van der Waals surface area contributed by atoms with Crippen LogP contribution < -0.4 is 0 Å². The van der Waals surface area contributed by atoms with E-state index in [0.29, 0.717) is 0 Å². The molecular formula is C19H30O4. The van der Waals surface area contributed by atoms with Gasteiger partial charge in [-0.05, 0) is 30.8 Å². The maximum absolute atomic E-state index is 11.1. The lowest BCUT2D eigenvalue weighted by molar-refractivity contribution is -0.233. The predicted octanol–water partition coefficient (Wildman–Crippen LogP) is 4.01. The lowest BCUT2D eigenvalue weighted by atomic mass is 9.82. The lowest BCUT2D eigenvalue weighted by Crippen LogP contribution is -2.39. The molecule has 0 atom stereocenters. The summed E-state index contributed by atoms with van der Waals surface area (Å²) in [6, 6.07) is 0. The van der Waals surface area contributed by atoms with Crippen LogP contribution in [0.25, 0.3) is 0 Å². The number of carbonyl (C=O) groups excluding carboxylic acids is 1. The molecule has 130 valence electrons. The van der Waals surface area contributed by atoms with Gasteiger partial charge in [-0.2, -0.15) is 0 Å². The number of methoxy groups -OCH3 is 1. The Morgan fingerprint density at radius 1 is 1.30 bits per heavy atom. The minimum absolute atomic E-state index is 0.0827. The van der Waals surface area contributed by atoms with Gasteiger partial charge in [0.15, 0.2) is 5.79 Å².